The van der Waals surface area contributed by atoms with Gasteiger partial charge in [-0.05, 0) is 97.2 Å². The molecule has 0 aromatic carbocycles. The summed E-state index contributed by atoms with van der Waals surface area (Å²) in [6.07, 6.45) is 16.4. The van der Waals surface area contributed by atoms with Gasteiger partial charge in [-0.2, -0.15) is 5.10 Å². The Kier molecular flexibility index (Phi) is 9.88. The summed E-state index contributed by atoms with van der Waals surface area (Å²) in [5, 5.41) is 14.1. The molecular formula is C31H49N7O4. The molecule has 1 atom stereocenters. The predicted octanol–water partition coefficient (Wildman–Crippen LogP) is 4.08. The summed E-state index contributed by atoms with van der Waals surface area (Å²) in [5.41, 5.74) is 0.351. The Bertz CT molecular complexity index is 1100. The Morgan fingerprint density at radius 1 is 0.952 bits per heavy atom. The molecule has 1 unspecified atom stereocenters. The van der Waals surface area contributed by atoms with Crippen molar-refractivity contribution in [3.63, 3.8) is 0 Å². The van der Waals surface area contributed by atoms with Crippen LogP contribution in [0.1, 0.15) is 71.8 Å². The molecule has 4 aliphatic heterocycles. The van der Waals surface area contributed by atoms with E-state index in [-0.39, 0.29) is 6.09 Å². The highest BCUT2D eigenvalue weighted by molar-refractivity contribution is 5.98. The second-order valence-corrected chi connectivity index (χ2v) is 13.5. The average molecular weight is 584 g/mol. The third-order valence-electron chi connectivity index (χ3n) is 9.25. The lowest BCUT2D eigenvalue weighted by molar-refractivity contribution is -0.136. The van der Waals surface area contributed by atoms with Gasteiger partial charge < -0.3 is 29.4 Å². The van der Waals surface area contributed by atoms with Gasteiger partial charge in [0.15, 0.2) is 6.04 Å². The third kappa shape index (κ3) is 8.12. The molecule has 3 fully saturated rings. The fourth-order valence-electron chi connectivity index (χ4n) is 6.72. The van der Waals surface area contributed by atoms with Crippen LogP contribution in [0.5, 0.6) is 0 Å². The van der Waals surface area contributed by atoms with Gasteiger partial charge in [-0.1, -0.05) is 0 Å². The van der Waals surface area contributed by atoms with Crippen molar-refractivity contribution in [2.24, 2.45) is 16.8 Å². The maximum Gasteiger partial charge on any atom is 0.410 e. The van der Waals surface area contributed by atoms with Crippen LogP contribution in [0.2, 0.25) is 0 Å². The number of likely N-dealkylation sites (tertiary alicyclic amines) is 3. The number of nitrogens with zero attached hydrogens (tertiary/aromatic N) is 7. The van der Waals surface area contributed by atoms with E-state index < -0.39 is 17.6 Å². The van der Waals surface area contributed by atoms with Gasteiger partial charge in [0, 0.05) is 57.5 Å². The van der Waals surface area contributed by atoms with Crippen molar-refractivity contribution >= 4 is 24.0 Å². The fourth-order valence-corrected chi connectivity index (χ4v) is 6.72. The third-order valence-corrected chi connectivity index (χ3v) is 9.25. The first kappa shape index (κ1) is 30.5. The molecule has 11 nitrogen and oxygen atoms in total. The lowest BCUT2D eigenvalue weighted by Crippen LogP contribution is -2.43. The highest BCUT2D eigenvalue weighted by Gasteiger charge is 2.30. The summed E-state index contributed by atoms with van der Waals surface area (Å²) in [4.78, 5) is 36.8. The quantitative estimate of drug-likeness (QED) is 0.488. The molecule has 3 saturated heterocycles. The summed E-state index contributed by atoms with van der Waals surface area (Å²) in [6.45, 7) is 14.3. The molecule has 0 bridgehead atoms. The topological polar surface area (TPSA) is 107 Å². The first-order valence-electron chi connectivity index (χ1n) is 15.8. The van der Waals surface area contributed by atoms with Crippen molar-refractivity contribution in [1.82, 2.24) is 24.5 Å². The van der Waals surface area contributed by atoms with E-state index in [9.17, 15) is 14.7 Å². The summed E-state index contributed by atoms with van der Waals surface area (Å²) < 4.78 is 7.56. The standard InChI is InChI=1S/C31H49N7O4/c1-31(2,3)42-30(41)36-17-7-24(8-18-36)4-12-34-13-5-25(6-14-34)22-35-15-9-26(10-16-35)38-23-27(20-33-38)37-19-11-32-21-28(37)29(39)40/h11,19-21,23-26,28H,4-10,12-18,22H2,1-3H3,(H,39,40). The molecule has 0 spiro atoms. The Morgan fingerprint density at radius 3 is 2.29 bits per heavy atom. The van der Waals surface area contributed by atoms with Crippen molar-refractivity contribution in [3.05, 3.63) is 24.8 Å². The fraction of sp³-hybridized carbons (Fsp3) is 0.742. The maximum absolute atomic E-state index is 12.3. The van der Waals surface area contributed by atoms with Gasteiger partial charge in [-0.15, -0.1) is 0 Å². The van der Waals surface area contributed by atoms with Crippen molar-refractivity contribution in [2.45, 2.75) is 83.4 Å². The molecule has 42 heavy (non-hydrogen) atoms. The number of ether oxygens (including phenoxy) is 1. The Morgan fingerprint density at radius 2 is 1.62 bits per heavy atom. The van der Waals surface area contributed by atoms with Crippen LogP contribution in [0.3, 0.4) is 0 Å². The van der Waals surface area contributed by atoms with Gasteiger partial charge in [-0.25, -0.2) is 9.59 Å². The van der Waals surface area contributed by atoms with Gasteiger partial charge in [0.25, 0.3) is 0 Å². The van der Waals surface area contributed by atoms with E-state index in [0.717, 1.165) is 63.5 Å². The van der Waals surface area contributed by atoms with Crippen LogP contribution in [-0.2, 0) is 9.53 Å². The number of carbonyl (C=O) groups is 2. The molecule has 1 N–H and O–H groups in total. The number of carbonyl (C=O) groups excluding carboxylic acids is 1. The van der Waals surface area contributed by atoms with E-state index in [1.807, 2.05) is 36.5 Å². The maximum atomic E-state index is 12.3. The van der Waals surface area contributed by atoms with Gasteiger partial charge in [0.2, 0.25) is 0 Å². The Labute approximate surface area is 250 Å². The number of carboxylic acid groups (broad SMARTS) is 1. The smallest absolute Gasteiger partial charge is 0.410 e. The molecule has 0 aliphatic carbocycles. The average Bonchev–Trinajstić information content (AvgIpc) is 3.47. The molecule has 0 radical (unpaired) electrons. The number of aliphatic carboxylic acids is 1. The normalized spacial score (nSPS) is 23.9. The number of rotatable bonds is 8. The minimum atomic E-state index is -0.924. The van der Waals surface area contributed by atoms with Gasteiger partial charge in [0.05, 0.1) is 17.9 Å². The predicted molar refractivity (Wildman–Crippen MR) is 163 cm³/mol. The van der Waals surface area contributed by atoms with E-state index >= 15 is 0 Å². The van der Waals surface area contributed by atoms with E-state index in [4.69, 9.17) is 4.74 Å². The molecule has 5 rings (SSSR count). The summed E-state index contributed by atoms with van der Waals surface area (Å²) in [7, 11) is 0. The van der Waals surface area contributed by atoms with Crippen molar-refractivity contribution in [1.29, 1.82) is 0 Å². The zero-order valence-electron chi connectivity index (χ0n) is 25.6. The van der Waals surface area contributed by atoms with Crippen LogP contribution in [-0.4, -0.2) is 112 Å². The first-order valence-corrected chi connectivity index (χ1v) is 15.8. The van der Waals surface area contributed by atoms with Crippen LogP contribution in [0.4, 0.5) is 10.5 Å². The number of anilines is 1. The second-order valence-electron chi connectivity index (χ2n) is 13.5. The van der Waals surface area contributed by atoms with Crippen LogP contribution >= 0.6 is 0 Å². The van der Waals surface area contributed by atoms with Crippen LogP contribution in [0, 0.1) is 11.8 Å². The Balaban J connectivity index is 0.969. The van der Waals surface area contributed by atoms with Crippen LogP contribution in [0.15, 0.2) is 29.8 Å². The molecule has 1 aromatic heterocycles. The van der Waals surface area contributed by atoms with Crippen LogP contribution in [0.25, 0.3) is 0 Å². The zero-order valence-corrected chi connectivity index (χ0v) is 25.6. The number of aromatic nitrogens is 2. The van der Waals surface area contributed by atoms with Gasteiger partial charge in [-0.3, -0.25) is 9.67 Å². The highest BCUT2D eigenvalue weighted by Crippen LogP contribution is 2.28. The van der Waals surface area contributed by atoms with E-state index in [2.05, 4.69) is 19.9 Å². The zero-order chi connectivity index (χ0) is 29.7. The summed E-state index contributed by atoms with van der Waals surface area (Å²) in [5.74, 6) is 0.552. The first-order chi connectivity index (χ1) is 20.1. The second kappa shape index (κ2) is 13.6. The lowest BCUT2D eigenvalue weighted by atomic mass is 9.91. The van der Waals surface area contributed by atoms with Gasteiger partial charge >= 0.3 is 12.1 Å². The van der Waals surface area contributed by atoms with E-state index in [1.54, 1.807) is 23.5 Å². The van der Waals surface area contributed by atoms with Crippen molar-refractivity contribution < 1.29 is 19.4 Å². The van der Waals surface area contributed by atoms with Crippen LogP contribution < -0.4 is 4.90 Å². The Hall–Kier alpha value is -2.92. The van der Waals surface area contributed by atoms with Crippen molar-refractivity contribution in [3.8, 4) is 0 Å². The number of hydrogen-bond donors (Lipinski definition) is 1. The van der Waals surface area contributed by atoms with E-state index in [0.29, 0.717) is 12.0 Å². The summed E-state index contributed by atoms with van der Waals surface area (Å²) in [6, 6.07) is -0.455. The SMILES string of the molecule is CC(C)(C)OC(=O)N1CCC(CCN2CCC(CN3CCC(n4cc(N5C=CN=CC5C(=O)O)cn4)CC3)CC2)CC1. The molecule has 232 valence electrons. The molecule has 11 heteroatoms. The highest BCUT2D eigenvalue weighted by atomic mass is 16.6. The minimum absolute atomic E-state index is 0.167. The molecule has 4 aliphatic rings. The molecule has 1 amide bonds. The van der Waals surface area contributed by atoms with E-state index in [1.165, 1.54) is 51.7 Å². The number of aliphatic imine (C=N–C) groups is 1. The monoisotopic (exact) mass is 583 g/mol. The summed E-state index contributed by atoms with van der Waals surface area (Å²) >= 11 is 0. The number of piperidine rings is 3. The molecule has 1 aromatic rings. The molecule has 0 saturated carbocycles. The minimum Gasteiger partial charge on any atom is -0.479 e. The molecule has 5 heterocycles. The number of carboxylic acids is 1. The largest absolute Gasteiger partial charge is 0.479 e. The molecular weight excluding hydrogens is 534 g/mol. The lowest BCUT2D eigenvalue weighted by Gasteiger charge is -2.38. The number of amides is 1. The van der Waals surface area contributed by atoms with Gasteiger partial charge in [0.1, 0.15) is 5.60 Å². The van der Waals surface area contributed by atoms with Crippen molar-refractivity contribution in [2.75, 3.05) is 57.3 Å². The number of hydrogen-bond acceptors (Lipinski definition) is 8.